The molecule has 0 amide bonds. The zero-order valence-electron chi connectivity index (χ0n) is 11.5. The highest BCUT2D eigenvalue weighted by Gasteiger charge is 2.30. The fourth-order valence-corrected chi connectivity index (χ4v) is 2.28. The van der Waals surface area contributed by atoms with Crippen molar-refractivity contribution in [1.29, 1.82) is 0 Å². The summed E-state index contributed by atoms with van der Waals surface area (Å²) in [7, 11) is 0. The maximum atomic E-state index is 14.0. The van der Waals surface area contributed by atoms with E-state index in [1.807, 2.05) is 0 Å². The first-order chi connectivity index (χ1) is 10.7. The Balaban J connectivity index is 2.99. The molecule has 0 heterocycles. The van der Waals surface area contributed by atoms with Gasteiger partial charge in [-0.15, -0.1) is 0 Å². The molecule has 0 atom stereocenters. The third kappa shape index (κ3) is 2.54. The molecular formula is C15H8F6O2. The van der Waals surface area contributed by atoms with E-state index in [1.54, 1.807) is 0 Å². The maximum absolute atomic E-state index is 14.0. The minimum Gasteiger partial charge on any atom is -0.478 e. The van der Waals surface area contributed by atoms with Gasteiger partial charge in [0.25, 0.3) is 0 Å². The second kappa shape index (κ2) is 5.94. The van der Waals surface area contributed by atoms with E-state index in [1.165, 1.54) is 6.92 Å². The van der Waals surface area contributed by atoms with Gasteiger partial charge in [0.05, 0.1) is 11.1 Å². The summed E-state index contributed by atoms with van der Waals surface area (Å²) >= 11 is 0. The van der Waals surface area contributed by atoms with Gasteiger partial charge in [-0.05, 0) is 24.1 Å². The number of benzene rings is 2. The summed E-state index contributed by atoms with van der Waals surface area (Å²) in [5, 5.41) is 9.03. The van der Waals surface area contributed by atoms with Crippen molar-refractivity contribution < 1.29 is 36.2 Å². The molecule has 1 N–H and O–H groups in total. The fraction of sp³-hybridized carbons (Fsp3) is 0.133. The Morgan fingerprint density at radius 2 is 1.35 bits per heavy atom. The molecule has 122 valence electrons. The van der Waals surface area contributed by atoms with E-state index in [0.717, 1.165) is 6.07 Å². The summed E-state index contributed by atoms with van der Waals surface area (Å²) in [5.41, 5.74) is -3.31. The third-order valence-electron chi connectivity index (χ3n) is 3.31. The van der Waals surface area contributed by atoms with Crippen LogP contribution in [-0.2, 0) is 6.42 Å². The second-order valence-corrected chi connectivity index (χ2v) is 4.55. The molecule has 0 aliphatic carbocycles. The molecule has 2 aromatic rings. The largest absolute Gasteiger partial charge is 0.478 e. The Kier molecular flexibility index (Phi) is 4.35. The van der Waals surface area contributed by atoms with Crippen molar-refractivity contribution in [2.75, 3.05) is 0 Å². The van der Waals surface area contributed by atoms with Gasteiger partial charge in [0.2, 0.25) is 5.82 Å². The summed E-state index contributed by atoms with van der Waals surface area (Å²) in [4.78, 5) is 11.1. The first kappa shape index (κ1) is 16.9. The number of rotatable bonds is 3. The number of hydrogen-bond donors (Lipinski definition) is 1. The molecule has 0 fully saturated rings. The van der Waals surface area contributed by atoms with Gasteiger partial charge in [-0.1, -0.05) is 6.92 Å². The van der Waals surface area contributed by atoms with Gasteiger partial charge in [0.1, 0.15) is 5.82 Å². The van der Waals surface area contributed by atoms with Gasteiger partial charge in [-0.25, -0.2) is 31.1 Å². The summed E-state index contributed by atoms with van der Waals surface area (Å²) in [6, 6.07) is 1.45. The standard InChI is InChI=1S/C15H8F6O2/c1-2-5-6(15(22)23)3-4-7(16)8(5)9-10(17)12(19)14(21)13(20)11(9)18/h3-4H,2H2,1H3,(H,22,23). The van der Waals surface area contributed by atoms with Gasteiger partial charge < -0.3 is 5.11 Å². The molecule has 0 spiro atoms. The van der Waals surface area contributed by atoms with Crippen LogP contribution in [0.5, 0.6) is 0 Å². The quantitative estimate of drug-likeness (QED) is 0.512. The minimum atomic E-state index is -2.38. The lowest BCUT2D eigenvalue weighted by atomic mass is 9.92. The Morgan fingerprint density at radius 1 is 0.870 bits per heavy atom. The summed E-state index contributed by atoms with van der Waals surface area (Å²) in [6.45, 7) is 1.36. The van der Waals surface area contributed by atoms with Crippen LogP contribution in [0.1, 0.15) is 22.8 Å². The smallest absolute Gasteiger partial charge is 0.335 e. The molecule has 23 heavy (non-hydrogen) atoms. The van der Waals surface area contributed by atoms with Gasteiger partial charge in [-0.3, -0.25) is 0 Å². The summed E-state index contributed by atoms with van der Waals surface area (Å²) in [6.07, 6.45) is -0.200. The number of carboxylic acid groups (broad SMARTS) is 1. The maximum Gasteiger partial charge on any atom is 0.335 e. The summed E-state index contributed by atoms with van der Waals surface area (Å²) in [5.74, 6) is -14.1. The van der Waals surface area contributed by atoms with E-state index < -0.39 is 57.6 Å². The van der Waals surface area contributed by atoms with Crippen LogP contribution >= 0.6 is 0 Å². The molecule has 0 radical (unpaired) electrons. The highest BCUT2D eigenvalue weighted by molar-refractivity contribution is 5.92. The molecule has 0 aliphatic heterocycles. The lowest BCUT2D eigenvalue weighted by molar-refractivity contribution is 0.0695. The number of hydrogen-bond acceptors (Lipinski definition) is 1. The number of aromatic carboxylic acids is 1. The fourth-order valence-electron chi connectivity index (χ4n) is 2.28. The average molecular weight is 334 g/mol. The predicted octanol–water partition coefficient (Wildman–Crippen LogP) is 4.45. The molecule has 2 aromatic carbocycles. The number of carbonyl (C=O) groups is 1. The first-order valence-corrected chi connectivity index (χ1v) is 6.28. The van der Waals surface area contributed by atoms with Crippen LogP contribution in [0, 0.1) is 34.9 Å². The monoisotopic (exact) mass is 334 g/mol. The lowest BCUT2D eigenvalue weighted by Crippen LogP contribution is -2.10. The SMILES string of the molecule is CCc1c(C(=O)O)ccc(F)c1-c1c(F)c(F)c(F)c(F)c1F. The Hall–Kier alpha value is -2.51. The van der Waals surface area contributed by atoms with Crippen LogP contribution in [0.3, 0.4) is 0 Å². The average Bonchev–Trinajstić information content (AvgIpc) is 2.52. The van der Waals surface area contributed by atoms with E-state index in [-0.39, 0.29) is 12.0 Å². The van der Waals surface area contributed by atoms with Crippen LogP contribution in [0.25, 0.3) is 11.1 Å². The third-order valence-corrected chi connectivity index (χ3v) is 3.31. The minimum absolute atomic E-state index is 0.200. The van der Waals surface area contributed by atoms with Crippen LogP contribution in [0.15, 0.2) is 12.1 Å². The normalized spacial score (nSPS) is 10.9. The number of carboxylic acids is 1. The van der Waals surface area contributed by atoms with Crippen molar-refractivity contribution in [3.63, 3.8) is 0 Å². The van der Waals surface area contributed by atoms with Crippen molar-refractivity contribution >= 4 is 5.97 Å². The van der Waals surface area contributed by atoms with Crippen molar-refractivity contribution in [3.05, 3.63) is 58.2 Å². The number of halogens is 6. The summed E-state index contributed by atoms with van der Waals surface area (Å²) < 4.78 is 81.5. The Bertz CT molecular complexity index is 787. The van der Waals surface area contributed by atoms with Crippen molar-refractivity contribution in [1.82, 2.24) is 0 Å². The van der Waals surface area contributed by atoms with E-state index in [9.17, 15) is 31.1 Å². The van der Waals surface area contributed by atoms with Crippen molar-refractivity contribution in [3.8, 4) is 11.1 Å². The van der Waals surface area contributed by atoms with E-state index in [2.05, 4.69) is 0 Å². The van der Waals surface area contributed by atoms with Crippen molar-refractivity contribution in [2.45, 2.75) is 13.3 Å². The molecule has 0 saturated heterocycles. The first-order valence-electron chi connectivity index (χ1n) is 6.28. The molecular weight excluding hydrogens is 326 g/mol. The molecule has 2 rings (SSSR count). The van der Waals surface area contributed by atoms with Gasteiger partial charge in [-0.2, -0.15) is 0 Å². The van der Waals surface area contributed by atoms with E-state index in [0.29, 0.717) is 6.07 Å². The van der Waals surface area contributed by atoms with Crippen LogP contribution in [0.2, 0.25) is 0 Å². The van der Waals surface area contributed by atoms with Gasteiger partial charge in [0, 0.05) is 5.56 Å². The molecule has 0 unspecified atom stereocenters. The molecule has 0 bridgehead atoms. The highest BCUT2D eigenvalue weighted by Crippen LogP contribution is 2.36. The van der Waals surface area contributed by atoms with Gasteiger partial charge in [0.15, 0.2) is 23.3 Å². The van der Waals surface area contributed by atoms with Crippen LogP contribution in [0.4, 0.5) is 26.3 Å². The zero-order valence-corrected chi connectivity index (χ0v) is 11.5. The zero-order chi connectivity index (χ0) is 17.5. The highest BCUT2D eigenvalue weighted by atomic mass is 19.2. The molecule has 8 heteroatoms. The Labute approximate surface area is 126 Å². The van der Waals surface area contributed by atoms with Crippen LogP contribution < -0.4 is 0 Å². The second-order valence-electron chi connectivity index (χ2n) is 4.55. The molecule has 2 nitrogen and oxygen atoms in total. The molecule has 0 saturated carbocycles. The predicted molar refractivity (Wildman–Crippen MR) is 68.0 cm³/mol. The van der Waals surface area contributed by atoms with E-state index in [4.69, 9.17) is 5.11 Å². The van der Waals surface area contributed by atoms with E-state index >= 15 is 0 Å². The van der Waals surface area contributed by atoms with Crippen molar-refractivity contribution in [2.24, 2.45) is 0 Å². The molecule has 0 aromatic heterocycles. The van der Waals surface area contributed by atoms with Gasteiger partial charge >= 0.3 is 5.97 Å². The molecule has 0 aliphatic rings. The van der Waals surface area contributed by atoms with Crippen LogP contribution in [-0.4, -0.2) is 11.1 Å². The topological polar surface area (TPSA) is 37.3 Å². The lowest BCUT2D eigenvalue weighted by Gasteiger charge is -2.15. The Morgan fingerprint density at radius 3 is 1.78 bits per heavy atom.